The van der Waals surface area contributed by atoms with E-state index in [9.17, 15) is 5.48 Å². The summed E-state index contributed by atoms with van der Waals surface area (Å²) in [6, 6.07) is 20.8. The van der Waals surface area contributed by atoms with Crippen molar-refractivity contribution in [2.24, 2.45) is 0 Å². The van der Waals surface area contributed by atoms with Crippen LogP contribution in [0, 0.1) is 0 Å². The molecule has 0 spiro atoms. The van der Waals surface area contributed by atoms with Crippen LogP contribution in [-0.4, -0.2) is 0 Å². The van der Waals surface area contributed by atoms with Gasteiger partial charge in [-0.15, -0.1) is 0 Å². The van der Waals surface area contributed by atoms with Gasteiger partial charge in [0.1, 0.15) is 0 Å². The number of fused-ring (bicyclic) bond motifs is 3. The van der Waals surface area contributed by atoms with Gasteiger partial charge in [-0.2, -0.15) is 0 Å². The Labute approximate surface area is 264 Å². The third kappa shape index (κ3) is 4.00. The largest absolute Gasteiger partial charge is 0.0629 e. The molecule has 0 aromatic heterocycles. The van der Waals surface area contributed by atoms with Gasteiger partial charge in [0, 0.05) is 0 Å². The van der Waals surface area contributed by atoms with Crippen LogP contribution in [0.15, 0.2) is 170 Å². The summed E-state index contributed by atoms with van der Waals surface area (Å²) in [5.41, 5.74) is 3.55. The molecule has 0 bridgehead atoms. The van der Waals surface area contributed by atoms with Gasteiger partial charge >= 0.3 is 0 Å². The molecule has 8 aromatic rings. The molecule has 0 nitrogen and oxygen atoms in total. The second-order valence-electron chi connectivity index (χ2n) is 9.90. The second kappa shape index (κ2) is 10.2. The minimum absolute atomic E-state index is 0.0981. The first kappa shape index (κ1) is 14.4. The first-order valence-electron chi connectivity index (χ1n) is 20.0. The highest BCUT2D eigenvalue weighted by Crippen LogP contribution is 2.46. The standard InChI is InChI=1S/C42H28/c1-3-14-29(15-4-1)31-18-13-19-32(28-31)33-26-27-40(35-21-8-7-20-34(33)35)42-38-24-11-9-22-36(38)41(30-16-5-2-6-17-30)37-23-10-12-25-39(37)42/h1-28H/i2D,5D,6D,9D,10D,11D,12D,16D,17D,22D,23D,24D,25D. The minimum Gasteiger partial charge on any atom is -0.0622 e. The molecule has 42 heavy (non-hydrogen) atoms. The summed E-state index contributed by atoms with van der Waals surface area (Å²) in [5.74, 6) is 0. The van der Waals surface area contributed by atoms with Gasteiger partial charge in [-0.05, 0) is 82.9 Å². The van der Waals surface area contributed by atoms with Gasteiger partial charge in [0.25, 0.3) is 0 Å². The van der Waals surface area contributed by atoms with Crippen LogP contribution in [0.2, 0.25) is 0 Å². The quantitative estimate of drug-likeness (QED) is 0.193. The zero-order chi connectivity index (χ0) is 39.2. The topological polar surface area (TPSA) is 0 Å². The number of benzene rings is 8. The highest BCUT2D eigenvalue weighted by atomic mass is 14.2. The fourth-order valence-electron chi connectivity index (χ4n) is 5.79. The van der Waals surface area contributed by atoms with Gasteiger partial charge < -0.3 is 0 Å². The van der Waals surface area contributed by atoms with Crippen molar-refractivity contribution in [3.05, 3.63) is 170 Å². The number of rotatable bonds is 4. The van der Waals surface area contributed by atoms with Crippen molar-refractivity contribution in [2.75, 3.05) is 0 Å². The van der Waals surface area contributed by atoms with Gasteiger partial charge in [0.15, 0.2) is 0 Å². The molecule has 8 rings (SSSR count). The van der Waals surface area contributed by atoms with Crippen LogP contribution in [0.4, 0.5) is 0 Å². The lowest BCUT2D eigenvalue weighted by atomic mass is 9.83. The number of hydrogen-bond acceptors (Lipinski definition) is 0. The van der Waals surface area contributed by atoms with E-state index in [0.717, 1.165) is 27.6 Å². The molecule has 0 heteroatoms. The lowest BCUT2D eigenvalue weighted by molar-refractivity contribution is 1.60. The van der Waals surface area contributed by atoms with Crippen molar-refractivity contribution in [1.29, 1.82) is 0 Å². The third-order valence-electron chi connectivity index (χ3n) is 7.60. The van der Waals surface area contributed by atoms with Crippen molar-refractivity contribution in [2.45, 2.75) is 0 Å². The highest BCUT2D eigenvalue weighted by molar-refractivity contribution is 6.24. The Hall–Kier alpha value is -5.46. The average Bonchev–Trinajstić information content (AvgIpc) is 3.21. The Bertz CT molecular complexity index is 2850. The van der Waals surface area contributed by atoms with Crippen molar-refractivity contribution in [3.8, 4) is 44.5 Å². The van der Waals surface area contributed by atoms with E-state index in [-0.39, 0.29) is 32.7 Å². The molecule has 0 saturated heterocycles. The second-order valence-corrected chi connectivity index (χ2v) is 9.90. The Kier molecular flexibility index (Phi) is 3.50. The zero-order valence-corrected chi connectivity index (χ0v) is 22.2. The Morgan fingerprint density at radius 1 is 0.310 bits per heavy atom. The molecule has 8 aromatic carbocycles. The molecule has 0 amide bonds. The summed E-state index contributed by atoms with van der Waals surface area (Å²) in [7, 11) is 0. The summed E-state index contributed by atoms with van der Waals surface area (Å²) >= 11 is 0. The molecule has 0 atom stereocenters. The van der Waals surface area contributed by atoms with Crippen LogP contribution in [0.1, 0.15) is 17.8 Å². The van der Waals surface area contributed by atoms with Crippen LogP contribution in [0.25, 0.3) is 76.8 Å². The van der Waals surface area contributed by atoms with E-state index in [2.05, 4.69) is 6.07 Å². The molecular weight excluding hydrogens is 504 g/mol. The molecule has 0 aliphatic rings. The normalized spacial score (nSPS) is 15.7. The summed E-state index contributed by atoms with van der Waals surface area (Å²) in [4.78, 5) is 0. The maximum atomic E-state index is 9.31. The summed E-state index contributed by atoms with van der Waals surface area (Å²) in [6.45, 7) is 0. The van der Waals surface area contributed by atoms with Gasteiger partial charge in [0.05, 0.1) is 17.8 Å². The monoisotopic (exact) mass is 545 g/mol. The van der Waals surface area contributed by atoms with Crippen LogP contribution in [0.3, 0.4) is 0 Å². The summed E-state index contributed by atoms with van der Waals surface area (Å²) < 4.78 is 115. The molecule has 0 fully saturated rings. The maximum Gasteiger partial charge on any atom is 0.0629 e. The summed E-state index contributed by atoms with van der Waals surface area (Å²) in [6.07, 6.45) is 0. The minimum atomic E-state index is -0.707. The molecule has 0 saturated carbocycles. The average molecular weight is 546 g/mol. The van der Waals surface area contributed by atoms with E-state index in [0.29, 0.717) is 10.9 Å². The molecule has 196 valence electrons. The van der Waals surface area contributed by atoms with Crippen LogP contribution in [-0.2, 0) is 0 Å². The highest BCUT2D eigenvalue weighted by Gasteiger charge is 2.18. The van der Waals surface area contributed by atoms with E-state index in [4.69, 9.17) is 12.3 Å². The predicted molar refractivity (Wildman–Crippen MR) is 181 cm³/mol. The molecule has 0 aliphatic carbocycles. The molecule has 0 heterocycles. The lowest BCUT2D eigenvalue weighted by Gasteiger charge is -2.19. The Balaban J connectivity index is 1.60. The van der Waals surface area contributed by atoms with Crippen LogP contribution >= 0.6 is 0 Å². The first-order chi connectivity index (χ1) is 26.3. The van der Waals surface area contributed by atoms with Crippen LogP contribution < -0.4 is 0 Å². The molecule has 0 unspecified atom stereocenters. The smallest absolute Gasteiger partial charge is 0.0622 e. The van der Waals surface area contributed by atoms with Gasteiger partial charge in [0.2, 0.25) is 0 Å². The molecule has 0 aliphatic heterocycles. The Morgan fingerprint density at radius 2 is 0.810 bits per heavy atom. The van der Waals surface area contributed by atoms with Crippen molar-refractivity contribution in [1.82, 2.24) is 0 Å². The van der Waals surface area contributed by atoms with Crippen LogP contribution in [0.5, 0.6) is 0 Å². The fourth-order valence-corrected chi connectivity index (χ4v) is 5.79. The van der Waals surface area contributed by atoms with Crippen molar-refractivity contribution in [3.63, 3.8) is 0 Å². The predicted octanol–water partition coefficient (Wildman–Crippen LogP) is 11.8. The van der Waals surface area contributed by atoms with Gasteiger partial charge in [-0.3, -0.25) is 0 Å². The van der Waals surface area contributed by atoms with E-state index in [1.165, 1.54) is 0 Å². The molecule has 0 N–H and O–H groups in total. The Morgan fingerprint density at radius 3 is 1.48 bits per heavy atom. The SMILES string of the molecule is [2H]c1c([2H])c([2H])c(-c2c3c([2H])c([2H])c([2H])c([2H])c3c(-c3ccc(-c4cccc(-c5ccccc5)c4)c4ccccc34)c3c([2H])c([2H])c([2H])c([2H])c23)c([2H])c1[2H]. The number of hydrogen-bond donors (Lipinski definition) is 0. The van der Waals surface area contributed by atoms with E-state index < -0.39 is 84.1 Å². The third-order valence-corrected chi connectivity index (χ3v) is 7.60. The van der Waals surface area contributed by atoms with Gasteiger partial charge in [-0.25, -0.2) is 0 Å². The zero-order valence-electron chi connectivity index (χ0n) is 35.2. The van der Waals surface area contributed by atoms with E-state index in [1.54, 1.807) is 6.07 Å². The fraction of sp³-hybridized carbons (Fsp3) is 0. The summed E-state index contributed by atoms with van der Waals surface area (Å²) in [5, 5.41) is 0.691. The van der Waals surface area contributed by atoms with Gasteiger partial charge in [-0.1, -0.05) is 163 Å². The maximum absolute atomic E-state index is 9.31. The van der Waals surface area contributed by atoms with Crippen molar-refractivity contribution >= 4 is 32.3 Å². The molecule has 0 radical (unpaired) electrons. The first-order valence-corrected chi connectivity index (χ1v) is 13.5. The van der Waals surface area contributed by atoms with Crippen molar-refractivity contribution < 1.29 is 17.8 Å². The van der Waals surface area contributed by atoms with E-state index >= 15 is 0 Å². The van der Waals surface area contributed by atoms with E-state index in [1.807, 2.05) is 78.9 Å². The molecular formula is C42H28. The lowest BCUT2D eigenvalue weighted by Crippen LogP contribution is -1.92.